The van der Waals surface area contributed by atoms with Gasteiger partial charge in [0.1, 0.15) is 0 Å². The molecule has 106 valence electrons. The van der Waals surface area contributed by atoms with Crippen molar-refractivity contribution >= 4 is 5.69 Å². The lowest BCUT2D eigenvalue weighted by molar-refractivity contribution is 0.192. The first kappa shape index (κ1) is 14.4. The predicted molar refractivity (Wildman–Crippen MR) is 83.8 cm³/mol. The van der Waals surface area contributed by atoms with Crippen molar-refractivity contribution in [2.75, 3.05) is 31.6 Å². The predicted octanol–water partition coefficient (Wildman–Crippen LogP) is 3.68. The van der Waals surface area contributed by atoms with Gasteiger partial charge in [0.15, 0.2) is 0 Å². The summed E-state index contributed by atoms with van der Waals surface area (Å²) in [4.78, 5) is 2.54. The van der Waals surface area contributed by atoms with Gasteiger partial charge in [-0.15, -0.1) is 0 Å². The number of nitrogens with one attached hydrogen (secondary N) is 1. The molecule has 0 atom stereocenters. The molecule has 0 bridgehead atoms. The molecule has 2 rings (SSSR count). The number of rotatable bonds is 6. The van der Waals surface area contributed by atoms with Crippen molar-refractivity contribution in [3.05, 3.63) is 30.3 Å². The van der Waals surface area contributed by atoms with Crippen molar-refractivity contribution in [2.24, 2.45) is 5.41 Å². The second-order valence-electron chi connectivity index (χ2n) is 5.94. The highest BCUT2D eigenvalue weighted by Crippen LogP contribution is 2.37. The molecule has 2 heteroatoms. The molecule has 1 fully saturated rings. The summed E-state index contributed by atoms with van der Waals surface area (Å²) in [5, 5.41) is 3.43. The van der Waals surface area contributed by atoms with Crippen molar-refractivity contribution < 1.29 is 0 Å². The Hall–Kier alpha value is -1.02. The van der Waals surface area contributed by atoms with Crippen LogP contribution in [0.4, 0.5) is 5.69 Å². The summed E-state index contributed by atoms with van der Waals surface area (Å²) >= 11 is 0. The van der Waals surface area contributed by atoms with Crippen LogP contribution in [0.3, 0.4) is 0 Å². The molecule has 1 aromatic carbocycles. The van der Waals surface area contributed by atoms with Gasteiger partial charge >= 0.3 is 0 Å². The average molecular weight is 260 g/mol. The minimum absolute atomic E-state index is 0.471. The molecule has 0 unspecified atom stereocenters. The maximum absolute atomic E-state index is 3.43. The number of hydrogen-bond donors (Lipinski definition) is 1. The smallest absolute Gasteiger partial charge is 0.0366 e. The van der Waals surface area contributed by atoms with E-state index in [1.54, 1.807) is 0 Å². The van der Waals surface area contributed by atoms with E-state index >= 15 is 0 Å². The molecule has 1 aliphatic carbocycles. The zero-order chi connectivity index (χ0) is 13.6. The first-order valence-corrected chi connectivity index (χ1v) is 7.74. The van der Waals surface area contributed by atoms with E-state index in [1.165, 1.54) is 44.3 Å². The van der Waals surface area contributed by atoms with Gasteiger partial charge in [0.2, 0.25) is 0 Å². The van der Waals surface area contributed by atoms with E-state index in [1.807, 2.05) is 0 Å². The highest BCUT2D eigenvalue weighted by atomic mass is 15.1. The molecule has 2 nitrogen and oxygen atoms in total. The molecule has 0 aromatic heterocycles. The fourth-order valence-electron chi connectivity index (χ4n) is 3.50. The van der Waals surface area contributed by atoms with Gasteiger partial charge in [0.25, 0.3) is 0 Å². The minimum Gasteiger partial charge on any atom is -0.371 e. The molecule has 1 N–H and O–H groups in total. The highest BCUT2D eigenvalue weighted by Gasteiger charge is 2.33. The Morgan fingerprint density at radius 1 is 1.11 bits per heavy atom. The van der Waals surface area contributed by atoms with Crippen molar-refractivity contribution in [2.45, 2.75) is 39.0 Å². The number of nitrogens with zero attached hydrogens (tertiary/aromatic N) is 1. The number of anilines is 1. The van der Waals surface area contributed by atoms with Crippen LogP contribution < -0.4 is 10.2 Å². The Bertz CT molecular complexity index is 349. The van der Waals surface area contributed by atoms with Crippen molar-refractivity contribution in [3.63, 3.8) is 0 Å². The Kier molecular flexibility index (Phi) is 5.26. The molecular formula is C17H28N2. The number of para-hydroxylation sites is 1. The molecule has 0 saturated heterocycles. The third-order valence-corrected chi connectivity index (χ3v) is 4.50. The van der Waals surface area contributed by atoms with Gasteiger partial charge in [-0.2, -0.15) is 0 Å². The highest BCUT2D eigenvalue weighted by molar-refractivity contribution is 5.46. The van der Waals surface area contributed by atoms with Crippen LogP contribution in [-0.4, -0.2) is 26.7 Å². The molecule has 0 heterocycles. The second kappa shape index (κ2) is 6.95. The van der Waals surface area contributed by atoms with Crippen LogP contribution in [0.25, 0.3) is 0 Å². The van der Waals surface area contributed by atoms with E-state index in [9.17, 15) is 0 Å². The summed E-state index contributed by atoms with van der Waals surface area (Å²) in [5.41, 5.74) is 1.84. The van der Waals surface area contributed by atoms with E-state index in [0.29, 0.717) is 5.41 Å². The minimum atomic E-state index is 0.471. The fraction of sp³-hybridized carbons (Fsp3) is 0.647. The largest absolute Gasteiger partial charge is 0.371 e. The van der Waals surface area contributed by atoms with Gasteiger partial charge in [0, 0.05) is 30.7 Å². The van der Waals surface area contributed by atoms with Gasteiger partial charge in [0.05, 0.1) is 0 Å². The fourth-order valence-corrected chi connectivity index (χ4v) is 3.50. The Labute approximate surface area is 118 Å². The first-order chi connectivity index (χ1) is 9.29. The summed E-state index contributed by atoms with van der Waals surface area (Å²) in [6.07, 6.45) is 6.96. The Morgan fingerprint density at radius 2 is 1.79 bits per heavy atom. The van der Waals surface area contributed by atoms with E-state index in [-0.39, 0.29) is 0 Å². The third-order valence-electron chi connectivity index (χ3n) is 4.50. The van der Waals surface area contributed by atoms with E-state index in [2.05, 4.69) is 54.5 Å². The van der Waals surface area contributed by atoms with Gasteiger partial charge in [-0.3, -0.25) is 0 Å². The van der Waals surface area contributed by atoms with Crippen LogP contribution in [0.5, 0.6) is 0 Å². The lowest BCUT2D eigenvalue weighted by Crippen LogP contribution is -2.44. The van der Waals surface area contributed by atoms with Crippen molar-refractivity contribution in [1.29, 1.82) is 0 Å². The zero-order valence-electron chi connectivity index (χ0n) is 12.5. The van der Waals surface area contributed by atoms with E-state index < -0.39 is 0 Å². The lowest BCUT2D eigenvalue weighted by Gasteiger charge is -2.41. The van der Waals surface area contributed by atoms with Gasteiger partial charge in [-0.25, -0.2) is 0 Å². The maximum atomic E-state index is 3.43. The quantitative estimate of drug-likeness (QED) is 0.839. The van der Waals surface area contributed by atoms with Crippen LogP contribution in [0, 0.1) is 5.41 Å². The molecule has 19 heavy (non-hydrogen) atoms. The van der Waals surface area contributed by atoms with E-state index in [4.69, 9.17) is 0 Å². The molecular weight excluding hydrogens is 232 g/mol. The lowest BCUT2D eigenvalue weighted by atomic mass is 9.73. The Morgan fingerprint density at radius 3 is 2.37 bits per heavy atom. The molecule has 0 radical (unpaired) electrons. The SMILES string of the molecule is CCN(CC1(CNC)CCCCC1)c1ccccc1. The van der Waals surface area contributed by atoms with Gasteiger partial charge < -0.3 is 10.2 Å². The van der Waals surface area contributed by atoms with Crippen LogP contribution in [0.15, 0.2) is 30.3 Å². The van der Waals surface area contributed by atoms with Gasteiger partial charge in [-0.1, -0.05) is 37.5 Å². The number of benzene rings is 1. The third kappa shape index (κ3) is 3.73. The first-order valence-electron chi connectivity index (χ1n) is 7.74. The molecule has 1 aromatic rings. The zero-order valence-corrected chi connectivity index (χ0v) is 12.5. The van der Waals surface area contributed by atoms with Crippen LogP contribution in [0.1, 0.15) is 39.0 Å². The monoisotopic (exact) mass is 260 g/mol. The molecule has 0 spiro atoms. The van der Waals surface area contributed by atoms with Crippen molar-refractivity contribution in [1.82, 2.24) is 5.32 Å². The summed E-state index contributed by atoms with van der Waals surface area (Å²) in [6, 6.07) is 10.9. The maximum Gasteiger partial charge on any atom is 0.0366 e. The molecule has 0 amide bonds. The summed E-state index contributed by atoms with van der Waals surface area (Å²) in [5.74, 6) is 0. The summed E-state index contributed by atoms with van der Waals surface area (Å²) in [7, 11) is 2.09. The molecule has 1 aliphatic rings. The average Bonchev–Trinajstić information content (AvgIpc) is 2.47. The normalized spacial score (nSPS) is 18.2. The second-order valence-corrected chi connectivity index (χ2v) is 5.94. The Balaban J connectivity index is 2.10. The summed E-state index contributed by atoms with van der Waals surface area (Å²) in [6.45, 7) is 5.70. The van der Waals surface area contributed by atoms with E-state index in [0.717, 1.165) is 13.1 Å². The molecule has 0 aliphatic heterocycles. The van der Waals surface area contributed by atoms with Crippen LogP contribution >= 0.6 is 0 Å². The summed E-state index contributed by atoms with van der Waals surface area (Å²) < 4.78 is 0. The topological polar surface area (TPSA) is 15.3 Å². The molecule has 1 saturated carbocycles. The van der Waals surface area contributed by atoms with Crippen LogP contribution in [-0.2, 0) is 0 Å². The number of hydrogen-bond acceptors (Lipinski definition) is 2. The van der Waals surface area contributed by atoms with Crippen molar-refractivity contribution in [3.8, 4) is 0 Å². The standard InChI is InChI=1S/C17H28N2/c1-3-19(16-10-6-4-7-11-16)15-17(14-18-2)12-8-5-9-13-17/h4,6-7,10-11,18H,3,5,8-9,12-15H2,1-2H3. The van der Waals surface area contributed by atoms with Gasteiger partial charge in [-0.05, 0) is 38.9 Å². The van der Waals surface area contributed by atoms with Crippen LogP contribution in [0.2, 0.25) is 0 Å².